The summed E-state index contributed by atoms with van der Waals surface area (Å²) >= 11 is 0. The van der Waals surface area contributed by atoms with Crippen molar-refractivity contribution < 1.29 is 54.6 Å². The van der Waals surface area contributed by atoms with Gasteiger partial charge < -0.3 is 9.84 Å². The quantitative estimate of drug-likeness (QED) is 0.294. The van der Waals surface area contributed by atoms with E-state index in [4.69, 9.17) is 9.94 Å². The molecule has 0 aliphatic carbocycles. The van der Waals surface area contributed by atoms with Crippen LogP contribution in [0.4, 0.5) is 26.3 Å². The van der Waals surface area contributed by atoms with E-state index in [1.165, 1.54) is 18.2 Å². The molecule has 36 heavy (non-hydrogen) atoms. The van der Waals surface area contributed by atoms with Crippen molar-refractivity contribution in [2.24, 2.45) is 5.92 Å². The standard InChI is InChI=1S/C21H20F6N2O6S/c22-20(23,24)16-4-2-1-3-12(16)11-35-14-5-7-15(8-6-14)36(33,34)29-10-13(30)9-17(21(25,26)27)18(29)19(31)28-32/h1-8,13,17-18,30,32H,9-11H2,(H,28,31). The first kappa shape index (κ1) is 27.7. The fourth-order valence-electron chi connectivity index (χ4n) is 3.89. The van der Waals surface area contributed by atoms with Crippen molar-refractivity contribution in [1.82, 2.24) is 9.79 Å². The van der Waals surface area contributed by atoms with Crippen molar-refractivity contribution in [1.29, 1.82) is 0 Å². The van der Waals surface area contributed by atoms with Crippen LogP contribution in [0.15, 0.2) is 53.4 Å². The highest BCUT2D eigenvalue weighted by Crippen LogP contribution is 2.40. The van der Waals surface area contributed by atoms with Gasteiger partial charge in [0.15, 0.2) is 0 Å². The zero-order valence-corrected chi connectivity index (χ0v) is 18.9. The number of hydroxylamine groups is 1. The van der Waals surface area contributed by atoms with Crippen LogP contribution in [0.3, 0.4) is 0 Å². The number of sulfonamides is 1. The molecule has 0 spiro atoms. The average molecular weight is 542 g/mol. The first-order chi connectivity index (χ1) is 16.7. The number of nitrogens with one attached hydrogen (secondary N) is 1. The van der Waals surface area contributed by atoms with Gasteiger partial charge in [0, 0.05) is 12.1 Å². The third-order valence-electron chi connectivity index (χ3n) is 5.55. The van der Waals surface area contributed by atoms with Crippen molar-refractivity contribution in [2.75, 3.05) is 6.54 Å². The maximum absolute atomic E-state index is 13.5. The van der Waals surface area contributed by atoms with E-state index in [1.54, 1.807) is 0 Å². The Balaban J connectivity index is 1.85. The second kappa shape index (κ2) is 10.2. The topological polar surface area (TPSA) is 116 Å². The molecule has 198 valence electrons. The van der Waals surface area contributed by atoms with Crippen molar-refractivity contribution in [3.05, 3.63) is 59.7 Å². The molecule has 0 radical (unpaired) electrons. The van der Waals surface area contributed by atoms with Crippen LogP contribution in [0.25, 0.3) is 0 Å². The smallest absolute Gasteiger partial charge is 0.416 e. The first-order valence-corrected chi connectivity index (χ1v) is 11.7. The van der Waals surface area contributed by atoms with Gasteiger partial charge in [-0.2, -0.15) is 30.6 Å². The minimum Gasteiger partial charge on any atom is -0.489 e. The summed E-state index contributed by atoms with van der Waals surface area (Å²) in [5.41, 5.74) is -0.0620. The number of carbonyl (C=O) groups is 1. The number of piperidine rings is 1. The zero-order valence-electron chi connectivity index (χ0n) is 18.1. The minimum absolute atomic E-state index is 0.0394. The number of benzene rings is 2. The van der Waals surface area contributed by atoms with Gasteiger partial charge in [-0.3, -0.25) is 10.0 Å². The number of hydrogen-bond acceptors (Lipinski definition) is 6. The Morgan fingerprint density at radius 3 is 2.22 bits per heavy atom. The number of aliphatic hydroxyl groups excluding tert-OH is 1. The Morgan fingerprint density at radius 1 is 1.06 bits per heavy atom. The Morgan fingerprint density at radius 2 is 1.67 bits per heavy atom. The molecular formula is C21H20F6N2O6S. The molecule has 0 aromatic heterocycles. The lowest BCUT2D eigenvalue weighted by atomic mass is 9.88. The van der Waals surface area contributed by atoms with E-state index in [2.05, 4.69) is 0 Å². The van der Waals surface area contributed by atoms with E-state index in [0.717, 1.165) is 35.8 Å². The predicted molar refractivity (Wildman–Crippen MR) is 110 cm³/mol. The van der Waals surface area contributed by atoms with Gasteiger partial charge in [-0.15, -0.1) is 0 Å². The van der Waals surface area contributed by atoms with Gasteiger partial charge in [0.05, 0.1) is 22.5 Å². The molecule has 0 bridgehead atoms. The van der Waals surface area contributed by atoms with E-state index in [-0.39, 0.29) is 15.6 Å². The van der Waals surface area contributed by atoms with Gasteiger partial charge >= 0.3 is 12.4 Å². The third kappa shape index (κ3) is 5.91. The average Bonchev–Trinajstić information content (AvgIpc) is 2.81. The lowest BCUT2D eigenvalue weighted by Gasteiger charge is -2.41. The fraction of sp³-hybridized carbons (Fsp3) is 0.381. The number of amides is 1. The van der Waals surface area contributed by atoms with Crippen LogP contribution in [0.5, 0.6) is 5.75 Å². The molecule has 3 N–H and O–H groups in total. The van der Waals surface area contributed by atoms with E-state index in [1.807, 2.05) is 0 Å². The molecule has 0 saturated carbocycles. The number of hydrogen-bond donors (Lipinski definition) is 3. The molecule has 1 heterocycles. The minimum atomic E-state index is -5.07. The molecule has 1 saturated heterocycles. The van der Waals surface area contributed by atoms with E-state index in [0.29, 0.717) is 0 Å². The van der Waals surface area contributed by atoms with Crippen LogP contribution in [0.1, 0.15) is 17.5 Å². The Hall–Kier alpha value is -2.88. The zero-order chi connectivity index (χ0) is 26.9. The van der Waals surface area contributed by atoms with Crippen LogP contribution in [-0.2, 0) is 27.6 Å². The summed E-state index contributed by atoms with van der Waals surface area (Å²) in [6.07, 6.45) is -12.4. The van der Waals surface area contributed by atoms with Crippen molar-refractivity contribution in [3.8, 4) is 5.75 Å². The molecule has 3 unspecified atom stereocenters. The normalized spacial score (nSPS) is 21.7. The highest BCUT2D eigenvalue weighted by molar-refractivity contribution is 7.89. The molecule has 3 atom stereocenters. The fourth-order valence-corrected chi connectivity index (χ4v) is 5.55. The summed E-state index contributed by atoms with van der Waals surface area (Å²) in [5.74, 6) is -4.27. The van der Waals surface area contributed by atoms with Crippen LogP contribution in [-0.4, -0.2) is 53.8 Å². The van der Waals surface area contributed by atoms with Crippen LogP contribution >= 0.6 is 0 Å². The summed E-state index contributed by atoms with van der Waals surface area (Å²) < 4.78 is 112. The number of β-amino-alcohol motifs (C(OH)–C–C–N with tert-alkyl or cyclic N) is 1. The molecular weight excluding hydrogens is 522 g/mol. The SMILES string of the molecule is O=C(NO)C1C(C(F)(F)F)CC(O)CN1S(=O)(=O)c1ccc(OCc2ccccc2C(F)(F)F)cc1. The van der Waals surface area contributed by atoms with E-state index in [9.17, 15) is 44.7 Å². The second-order valence-electron chi connectivity index (χ2n) is 7.95. The lowest BCUT2D eigenvalue weighted by molar-refractivity contribution is -0.207. The predicted octanol–water partition coefficient (Wildman–Crippen LogP) is 3.09. The Kier molecular flexibility index (Phi) is 7.88. The highest BCUT2D eigenvalue weighted by Gasteiger charge is 2.56. The van der Waals surface area contributed by atoms with Gasteiger partial charge in [-0.05, 0) is 36.8 Å². The Bertz CT molecular complexity index is 1190. The summed E-state index contributed by atoms with van der Waals surface area (Å²) in [6.45, 7) is -1.36. The molecule has 1 aliphatic rings. The molecule has 3 rings (SSSR count). The van der Waals surface area contributed by atoms with Crippen LogP contribution in [0.2, 0.25) is 0 Å². The third-order valence-corrected chi connectivity index (χ3v) is 7.42. The number of rotatable bonds is 6. The summed E-state index contributed by atoms with van der Waals surface area (Å²) in [7, 11) is -4.81. The van der Waals surface area contributed by atoms with Gasteiger partial charge in [-0.25, -0.2) is 13.9 Å². The molecule has 1 fully saturated rings. The first-order valence-electron chi connectivity index (χ1n) is 10.2. The molecule has 1 aliphatic heterocycles. The number of aliphatic hydroxyl groups is 1. The van der Waals surface area contributed by atoms with Gasteiger partial charge in [0.2, 0.25) is 10.0 Å². The van der Waals surface area contributed by atoms with E-state index >= 15 is 0 Å². The van der Waals surface area contributed by atoms with Crippen molar-refractivity contribution >= 4 is 15.9 Å². The molecule has 1 amide bonds. The lowest BCUT2D eigenvalue weighted by Crippen LogP contribution is -2.61. The number of nitrogens with zero attached hydrogens (tertiary/aromatic N) is 1. The number of carbonyl (C=O) groups excluding carboxylic acids is 1. The molecule has 2 aromatic rings. The number of alkyl halides is 6. The van der Waals surface area contributed by atoms with Crippen molar-refractivity contribution in [3.63, 3.8) is 0 Å². The summed E-state index contributed by atoms with van der Waals surface area (Å²) in [5, 5.41) is 18.8. The van der Waals surface area contributed by atoms with E-state index < -0.39 is 76.4 Å². The number of ether oxygens (including phenoxy) is 1. The van der Waals surface area contributed by atoms with Gasteiger partial charge in [0.1, 0.15) is 18.4 Å². The van der Waals surface area contributed by atoms with Crippen LogP contribution in [0, 0.1) is 5.92 Å². The summed E-state index contributed by atoms with van der Waals surface area (Å²) in [4.78, 5) is 11.5. The molecule has 8 nitrogen and oxygen atoms in total. The largest absolute Gasteiger partial charge is 0.489 e. The van der Waals surface area contributed by atoms with Gasteiger partial charge in [-0.1, -0.05) is 18.2 Å². The van der Waals surface area contributed by atoms with Crippen LogP contribution < -0.4 is 10.2 Å². The maximum atomic E-state index is 13.5. The summed E-state index contributed by atoms with van der Waals surface area (Å²) in [6, 6.07) is 6.27. The molecule has 15 heteroatoms. The maximum Gasteiger partial charge on any atom is 0.416 e. The second-order valence-corrected chi connectivity index (χ2v) is 9.84. The monoisotopic (exact) mass is 542 g/mol. The number of halogens is 6. The van der Waals surface area contributed by atoms with Gasteiger partial charge in [0.25, 0.3) is 5.91 Å². The Labute approximate surface area is 201 Å². The molecule has 2 aromatic carbocycles. The highest BCUT2D eigenvalue weighted by atomic mass is 32.2. The van der Waals surface area contributed by atoms with Crippen molar-refractivity contribution in [2.45, 2.75) is 42.4 Å².